The van der Waals surface area contributed by atoms with Gasteiger partial charge in [-0.15, -0.1) is 0 Å². The summed E-state index contributed by atoms with van der Waals surface area (Å²) in [6, 6.07) is 10.7. The molecule has 0 fully saturated rings. The lowest BCUT2D eigenvalue weighted by atomic mass is 10.1. The van der Waals surface area contributed by atoms with E-state index in [0.29, 0.717) is 11.3 Å². The third kappa shape index (κ3) is 2.69. The number of nitriles is 1. The maximum Gasteiger partial charge on any atom is 0.356 e. The van der Waals surface area contributed by atoms with Crippen LogP contribution in [0.25, 0.3) is 5.69 Å². The first kappa shape index (κ1) is 13.8. The van der Waals surface area contributed by atoms with Gasteiger partial charge >= 0.3 is 5.97 Å². The van der Waals surface area contributed by atoms with Crippen LogP contribution in [-0.4, -0.2) is 20.9 Å². The Morgan fingerprint density at radius 3 is 2.85 bits per heavy atom. The summed E-state index contributed by atoms with van der Waals surface area (Å²) in [5.41, 5.74) is 1.91. The number of benzene rings is 1. The standard InChI is InChI=1S/C15H15N3O2/c1-2-3-7-12-9-13(15(19)20)17-18(12)14-8-5-4-6-11(14)10-16/h4-6,8-9H,2-3,7H2,1H3,(H,19,20). The lowest BCUT2D eigenvalue weighted by molar-refractivity contribution is 0.0690. The number of aromatic nitrogens is 2. The number of unbranched alkanes of at least 4 members (excludes halogenated alkanes) is 1. The molecule has 1 aromatic heterocycles. The molecule has 0 bridgehead atoms. The summed E-state index contributed by atoms with van der Waals surface area (Å²) in [6.07, 6.45) is 2.68. The van der Waals surface area contributed by atoms with Crippen LogP contribution in [0.5, 0.6) is 0 Å². The van der Waals surface area contributed by atoms with E-state index >= 15 is 0 Å². The minimum Gasteiger partial charge on any atom is -0.476 e. The van der Waals surface area contributed by atoms with Crippen molar-refractivity contribution < 1.29 is 9.90 Å². The number of rotatable bonds is 5. The van der Waals surface area contributed by atoms with Crippen LogP contribution in [0.2, 0.25) is 0 Å². The smallest absolute Gasteiger partial charge is 0.356 e. The highest BCUT2D eigenvalue weighted by molar-refractivity contribution is 5.85. The number of carboxylic acid groups (broad SMARTS) is 1. The first-order valence-corrected chi connectivity index (χ1v) is 6.49. The number of carboxylic acids is 1. The molecule has 0 saturated carbocycles. The van der Waals surface area contributed by atoms with E-state index in [2.05, 4.69) is 18.1 Å². The number of carbonyl (C=O) groups is 1. The Labute approximate surface area is 117 Å². The van der Waals surface area contributed by atoms with Crippen molar-refractivity contribution in [1.82, 2.24) is 9.78 Å². The summed E-state index contributed by atoms with van der Waals surface area (Å²) >= 11 is 0. The molecule has 1 heterocycles. The molecule has 102 valence electrons. The number of hydrogen-bond donors (Lipinski definition) is 1. The van der Waals surface area contributed by atoms with Gasteiger partial charge in [-0.1, -0.05) is 25.5 Å². The van der Waals surface area contributed by atoms with Crippen LogP contribution in [0.15, 0.2) is 30.3 Å². The summed E-state index contributed by atoms with van der Waals surface area (Å²) in [5.74, 6) is -1.06. The SMILES string of the molecule is CCCCc1cc(C(=O)O)nn1-c1ccccc1C#N. The van der Waals surface area contributed by atoms with E-state index in [1.165, 1.54) is 0 Å². The van der Waals surface area contributed by atoms with Crippen molar-refractivity contribution in [3.05, 3.63) is 47.3 Å². The number of aryl methyl sites for hydroxylation is 1. The number of hydrogen-bond acceptors (Lipinski definition) is 3. The van der Waals surface area contributed by atoms with Crippen molar-refractivity contribution >= 4 is 5.97 Å². The molecule has 5 heteroatoms. The fourth-order valence-electron chi connectivity index (χ4n) is 2.02. The molecule has 0 aliphatic rings. The van der Waals surface area contributed by atoms with Gasteiger partial charge in [-0.3, -0.25) is 0 Å². The quantitative estimate of drug-likeness (QED) is 0.905. The summed E-state index contributed by atoms with van der Waals surface area (Å²) in [7, 11) is 0. The maximum absolute atomic E-state index is 11.1. The van der Waals surface area contributed by atoms with Crippen LogP contribution in [0, 0.1) is 11.3 Å². The van der Waals surface area contributed by atoms with Gasteiger partial charge in [0.2, 0.25) is 0 Å². The number of aromatic carboxylic acids is 1. The van der Waals surface area contributed by atoms with E-state index in [1.807, 2.05) is 6.07 Å². The second-order valence-electron chi connectivity index (χ2n) is 4.47. The molecule has 0 spiro atoms. The molecular weight excluding hydrogens is 254 g/mol. The molecule has 0 aliphatic carbocycles. The lowest BCUT2D eigenvalue weighted by Crippen LogP contribution is -2.05. The van der Waals surface area contributed by atoms with E-state index in [-0.39, 0.29) is 5.69 Å². The number of para-hydroxylation sites is 1. The molecule has 20 heavy (non-hydrogen) atoms. The van der Waals surface area contributed by atoms with Crippen molar-refractivity contribution in [2.24, 2.45) is 0 Å². The van der Waals surface area contributed by atoms with Gasteiger partial charge in [-0.05, 0) is 31.0 Å². The second-order valence-corrected chi connectivity index (χ2v) is 4.47. The van der Waals surface area contributed by atoms with E-state index in [0.717, 1.165) is 25.0 Å². The summed E-state index contributed by atoms with van der Waals surface area (Å²) in [5, 5.41) is 22.3. The third-order valence-corrected chi connectivity index (χ3v) is 3.04. The van der Waals surface area contributed by atoms with Gasteiger partial charge in [0.15, 0.2) is 5.69 Å². The molecule has 0 radical (unpaired) electrons. The van der Waals surface area contributed by atoms with E-state index in [4.69, 9.17) is 10.4 Å². The van der Waals surface area contributed by atoms with Gasteiger partial charge in [0.1, 0.15) is 6.07 Å². The Balaban J connectivity index is 2.54. The van der Waals surface area contributed by atoms with Crippen LogP contribution in [0.4, 0.5) is 0 Å². The van der Waals surface area contributed by atoms with Crippen molar-refractivity contribution in [1.29, 1.82) is 5.26 Å². The Morgan fingerprint density at radius 1 is 1.45 bits per heavy atom. The molecule has 0 aliphatic heterocycles. The van der Waals surface area contributed by atoms with Crippen LogP contribution in [0.1, 0.15) is 41.5 Å². The summed E-state index contributed by atoms with van der Waals surface area (Å²) < 4.78 is 1.57. The van der Waals surface area contributed by atoms with Crippen molar-refractivity contribution in [2.45, 2.75) is 26.2 Å². The highest BCUT2D eigenvalue weighted by atomic mass is 16.4. The minimum atomic E-state index is -1.06. The fourth-order valence-corrected chi connectivity index (χ4v) is 2.02. The van der Waals surface area contributed by atoms with Gasteiger partial charge in [0.25, 0.3) is 0 Å². The van der Waals surface area contributed by atoms with Crippen molar-refractivity contribution in [2.75, 3.05) is 0 Å². The highest BCUT2D eigenvalue weighted by Crippen LogP contribution is 2.18. The Hall–Kier alpha value is -2.61. The molecule has 0 atom stereocenters. The van der Waals surface area contributed by atoms with Crippen LogP contribution < -0.4 is 0 Å². The number of nitrogens with zero attached hydrogens (tertiary/aromatic N) is 3. The molecule has 1 aromatic carbocycles. The first-order valence-electron chi connectivity index (χ1n) is 6.49. The average molecular weight is 269 g/mol. The van der Waals surface area contributed by atoms with E-state index in [9.17, 15) is 4.79 Å². The minimum absolute atomic E-state index is 0.00356. The zero-order valence-electron chi connectivity index (χ0n) is 11.2. The molecule has 2 rings (SSSR count). The van der Waals surface area contributed by atoms with E-state index < -0.39 is 5.97 Å². The predicted molar refractivity (Wildman–Crippen MR) is 73.9 cm³/mol. The topological polar surface area (TPSA) is 78.9 Å². The molecule has 1 N–H and O–H groups in total. The van der Waals surface area contributed by atoms with Crippen LogP contribution in [0.3, 0.4) is 0 Å². The van der Waals surface area contributed by atoms with Crippen molar-refractivity contribution in [3.63, 3.8) is 0 Å². The third-order valence-electron chi connectivity index (χ3n) is 3.04. The molecule has 2 aromatic rings. The zero-order chi connectivity index (χ0) is 14.5. The molecule has 5 nitrogen and oxygen atoms in total. The molecule has 0 unspecified atom stereocenters. The zero-order valence-corrected chi connectivity index (χ0v) is 11.2. The van der Waals surface area contributed by atoms with Gasteiger partial charge < -0.3 is 5.11 Å². The predicted octanol–water partition coefficient (Wildman–Crippen LogP) is 2.78. The molecular formula is C15H15N3O2. The first-order chi connectivity index (χ1) is 9.67. The van der Waals surface area contributed by atoms with Crippen LogP contribution >= 0.6 is 0 Å². The Kier molecular flexibility index (Phi) is 4.16. The highest BCUT2D eigenvalue weighted by Gasteiger charge is 2.15. The van der Waals surface area contributed by atoms with E-state index in [1.54, 1.807) is 28.9 Å². The Morgan fingerprint density at radius 2 is 2.20 bits per heavy atom. The largest absolute Gasteiger partial charge is 0.476 e. The van der Waals surface area contributed by atoms with Gasteiger partial charge in [0.05, 0.1) is 11.3 Å². The molecule has 0 saturated heterocycles. The van der Waals surface area contributed by atoms with Crippen molar-refractivity contribution in [3.8, 4) is 11.8 Å². The lowest BCUT2D eigenvalue weighted by Gasteiger charge is -2.08. The summed E-state index contributed by atoms with van der Waals surface area (Å²) in [6.45, 7) is 2.07. The van der Waals surface area contributed by atoms with Crippen LogP contribution in [-0.2, 0) is 6.42 Å². The van der Waals surface area contributed by atoms with Gasteiger partial charge in [-0.2, -0.15) is 10.4 Å². The Bertz CT molecular complexity index is 668. The average Bonchev–Trinajstić information content (AvgIpc) is 2.89. The summed E-state index contributed by atoms with van der Waals surface area (Å²) in [4.78, 5) is 11.1. The normalized spacial score (nSPS) is 10.2. The van der Waals surface area contributed by atoms with Gasteiger partial charge in [0, 0.05) is 5.69 Å². The fraction of sp³-hybridized carbons (Fsp3) is 0.267. The van der Waals surface area contributed by atoms with Gasteiger partial charge in [-0.25, -0.2) is 9.48 Å². The molecule has 0 amide bonds. The second kappa shape index (κ2) is 6.02. The maximum atomic E-state index is 11.1. The monoisotopic (exact) mass is 269 g/mol.